The smallest absolute Gasteiger partial charge is 0.243 e. The van der Waals surface area contributed by atoms with Gasteiger partial charge in [0.25, 0.3) is 0 Å². The van der Waals surface area contributed by atoms with Crippen LogP contribution in [0.5, 0.6) is 0 Å². The van der Waals surface area contributed by atoms with Crippen LogP contribution in [0.4, 0.5) is 0 Å². The molecule has 10 heteroatoms. The van der Waals surface area contributed by atoms with Gasteiger partial charge in [0.1, 0.15) is 6.26 Å². The van der Waals surface area contributed by atoms with Crippen molar-refractivity contribution in [2.24, 2.45) is 0 Å². The van der Waals surface area contributed by atoms with Gasteiger partial charge in [0.2, 0.25) is 21.8 Å². The predicted octanol–water partition coefficient (Wildman–Crippen LogP) is 2.54. The van der Waals surface area contributed by atoms with Gasteiger partial charge in [0.05, 0.1) is 28.6 Å². The first-order valence-electron chi connectivity index (χ1n) is 8.59. The number of likely N-dealkylation sites (N-methyl/N-ethyl adjacent to an activating group) is 1. The number of thiophene rings is 1. The molecule has 1 aromatic carbocycles. The van der Waals surface area contributed by atoms with E-state index in [9.17, 15) is 18.0 Å². The van der Waals surface area contributed by atoms with Crippen LogP contribution in [-0.2, 0) is 21.4 Å². The molecule has 0 saturated heterocycles. The molecule has 0 bridgehead atoms. The molecular formula is C19H19N3O5S2. The number of Topliss-reactive ketones (excluding diaryl/α,β-unsaturated/α-hetero) is 1. The zero-order valence-electron chi connectivity index (χ0n) is 15.8. The van der Waals surface area contributed by atoms with Gasteiger partial charge in [-0.1, -0.05) is 18.2 Å². The predicted molar refractivity (Wildman–Crippen MR) is 108 cm³/mol. The van der Waals surface area contributed by atoms with Crippen molar-refractivity contribution in [3.8, 4) is 10.8 Å². The monoisotopic (exact) mass is 433 g/mol. The number of amides is 1. The molecule has 1 N–H and O–H groups in total. The lowest BCUT2D eigenvalue weighted by Crippen LogP contribution is -2.38. The molecule has 29 heavy (non-hydrogen) atoms. The van der Waals surface area contributed by atoms with Gasteiger partial charge in [-0.2, -0.15) is 4.31 Å². The van der Waals surface area contributed by atoms with Crippen LogP contribution >= 0.6 is 11.3 Å². The van der Waals surface area contributed by atoms with Crippen molar-refractivity contribution in [1.82, 2.24) is 14.6 Å². The summed E-state index contributed by atoms with van der Waals surface area (Å²) in [6.07, 6.45) is 1.45. The van der Waals surface area contributed by atoms with Crippen LogP contribution in [0.3, 0.4) is 0 Å². The fourth-order valence-corrected chi connectivity index (χ4v) is 4.26. The van der Waals surface area contributed by atoms with Crippen molar-refractivity contribution in [1.29, 1.82) is 0 Å². The van der Waals surface area contributed by atoms with E-state index in [0.717, 1.165) is 9.18 Å². The van der Waals surface area contributed by atoms with Gasteiger partial charge in [-0.05, 0) is 30.5 Å². The van der Waals surface area contributed by atoms with E-state index in [-0.39, 0.29) is 23.8 Å². The lowest BCUT2D eigenvalue weighted by atomic mass is 10.2. The minimum atomic E-state index is -3.86. The van der Waals surface area contributed by atoms with Crippen LogP contribution in [0.2, 0.25) is 0 Å². The Hall–Kier alpha value is -2.82. The Morgan fingerprint density at radius 1 is 1.21 bits per heavy atom. The highest BCUT2D eigenvalue weighted by molar-refractivity contribution is 7.89. The second kappa shape index (κ2) is 8.68. The number of hydrogen-bond donors (Lipinski definition) is 1. The molecule has 0 radical (unpaired) electrons. The van der Waals surface area contributed by atoms with Crippen molar-refractivity contribution in [3.63, 3.8) is 0 Å². The highest BCUT2D eigenvalue weighted by Crippen LogP contribution is 2.23. The molecular weight excluding hydrogens is 414 g/mol. The molecule has 0 aliphatic carbocycles. The lowest BCUT2D eigenvalue weighted by molar-refractivity contribution is -0.121. The summed E-state index contributed by atoms with van der Waals surface area (Å²) >= 11 is 1.49. The standard InChI is InChI=1S/C19H19N3O5S2/c1-13(23)14-5-7-16(8-6-14)29(25,26)22(2)11-18(24)20-10-15-12-27-19(21-15)17-4-3-9-28-17/h3-9,12H,10-11H2,1-2H3,(H,20,24). The molecule has 0 unspecified atom stereocenters. The van der Waals surface area contributed by atoms with Crippen LogP contribution in [0.25, 0.3) is 10.8 Å². The minimum absolute atomic E-state index is 0.00916. The van der Waals surface area contributed by atoms with Gasteiger partial charge in [0.15, 0.2) is 5.78 Å². The number of nitrogens with zero attached hydrogens (tertiary/aromatic N) is 2. The molecule has 3 rings (SSSR count). The van der Waals surface area contributed by atoms with E-state index in [1.807, 2.05) is 17.5 Å². The van der Waals surface area contributed by atoms with Crippen LogP contribution in [0.15, 0.2) is 57.4 Å². The molecule has 0 spiro atoms. The van der Waals surface area contributed by atoms with Gasteiger partial charge in [-0.3, -0.25) is 9.59 Å². The summed E-state index contributed by atoms with van der Waals surface area (Å²) in [6, 6.07) is 9.35. The molecule has 3 aromatic rings. The molecule has 2 aromatic heterocycles. The maximum atomic E-state index is 12.6. The summed E-state index contributed by atoms with van der Waals surface area (Å²) in [5, 5.41) is 4.53. The average Bonchev–Trinajstić information content (AvgIpc) is 3.38. The Morgan fingerprint density at radius 2 is 1.93 bits per heavy atom. The number of ketones is 1. The largest absolute Gasteiger partial charge is 0.443 e. The van der Waals surface area contributed by atoms with E-state index in [4.69, 9.17) is 4.42 Å². The number of hydrogen-bond acceptors (Lipinski definition) is 7. The van der Waals surface area contributed by atoms with Crippen LogP contribution in [-0.4, -0.2) is 43.0 Å². The Bertz CT molecular complexity index is 1100. The highest BCUT2D eigenvalue weighted by Gasteiger charge is 2.23. The van der Waals surface area contributed by atoms with Crippen molar-refractivity contribution < 1.29 is 22.4 Å². The van der Waals surface area contributed by atoms with Crippen LogP contribution in [0, 0.1) is 0 Å². The topological polar surface area (TPSA) is 110 Å². The third kappa shape index (κ3) is 4.97. The van der Waals surface area contributed by atoms with Crippen molar-refractivity contribution in [3.05, 3.63) is 59.3 Å². The Morgan fingerprint density at radius 3 is 2.55 bits per heavy atom. The molecule has 8 nitrogen and oxygen atoms in total. The summed E-state index contributed by atoms with van der Waals surface area (Å²) in [7, 11) is -2.54. The molecule has 2 heterocycles. The van der Waals surface area contributed by atoms with Gasteiger partial charge >= 0.3 is 0 Å². The number of oxazole rings is 1. The first kappa shape index (κ1) is 20.9. The quantitative estimate of drug-likeness (QED) is 0.547. The van der Waals surface area contributed by atoms with Gasteiger partial charge in [0, 0.05) is 12.6 Å². The van der Waals surface area contributed by atoms with Gasteiger partial charge < -0.3 is 9.73 Å². The number of benzene rings is 1. The maximum Gasteiger partial charge on any atom is 0.243 e. The molecule has 0 aliphatic heterocycles. The van der Waals surface area contributed by atoms with E-state index in [1.54, 1.807) is 0 Å². The maximum absolute atomic E-state index is 12.6. The first-order chi connectivity index (χ1) is 13.8. The molecule has 1 amide bonds. The normalized spacial score (nSPS) is 11.6. The summed E-state index contributed by atoms with van der Waals surface area (Å²) in [4.78, 5) is 28.7. The molecule has 0 atom stereocenters. The number of rotatable bonds is 8. The zero-order chi connectivity index (χ0) is 21.0. The molecule has 152 valence electrons. The number of sulfonamides is 1. The molecule has 0 saturated carbocycles. The Labute approximate surface area is 172 Å². The lowest BCUT2D eigenvalue weighted by Gasteiger charge is -2.16. The summed E-state index contributed by atoms with van der Waals surface area (Å²) < 4.78 is 31.5. The van der Waals surface area contributed by atoms with E-state index in [2.05, 4.69) is 10.3 Å². The van der Waals surface area contributed by atoms with E-state index in [0.29, 0.717) is 17.1 Å². The Kier molecular flexibility index (Phi) is 6.26. The van der Waals surface area contributed by atoms with Crippen molar-refractivity contribution >= 4 is 33.1 Å². The summed E-state index contributed by atoms with van der Waals surface area (Å²) in [6.45, 7) is 1.17. The van der Waals surface area contributed by atoms with E-state index < -0.39 is 15.9 Å². The highest BCUT2D eigenvalue weighted by atomic mass is 32.2. The second-order valence-corrected chi connectivity index (χ2v) is 9.23. The average molecular weight is 434 g/mol. The minimum Gasteiger partial charge on any atom is -0.443 e. The van der Waals surface area contributed by atoms with Crippen molar-refractivity contribution in [2.45, 2.75) is 18.4 Å². The SMILES string of the molecule is CC(=O)c1ccc(S(=O)(=O)N(C)CC(=O)NCc2coc(-c3cccs3)n2)cc1. The van der Waals surface area contributed by atoms with E-state index in [1.165, 1.54) is 55.8 Å². The Balaban J connectivity index is 1.57. The second-order valence-electron chi connectivity index (χ2n) is 6.24. The number of carbonyl (C=O) groups excluding carboxylic acids is 2. The van der Waals surface area contributed by atoms with Crippen LogP contribution in [0.1, 0.15) is 23.0 Å². The van der Waals surface area contributed by atoms with E-state index >= 15 is 0 Å². The summed E-state index contributed by atoms with van der Waals surface area (Å²) in [5.41, 5.74) is 0.950. The zero-order valence-corrected chi connectivity index (χ0v) is 17.4. The van der Waals surface area contributed by atoms with Gasteiger partial charge in [-0.25, -0.2) is 13.4 Å². The fraction of sp³-hybridized carbons (Fsp3) is 0.211. The van der Waals surface area contributed by atoms with Gasteiger partial charge in [-0.15, -0.1) is 11.3 Å². The number of aromatic nitrogens is 1. The molecule has 0 aliphatic rings. The summed E-state index contributed by atoms with van der Waals surface area (Å²) in [5.74, 6) is -0.160. The van der Waals surface area contributed by atoms with Crippen molar-refractivity contribution in [2.75, 3.05) is 13.6 Å². The third-order valence-corrected chi connectivity index (χ3v) is 6.76. The third-order valence-electron chi connectivity index (χ3n) is 4.09. The number of nitrogens with one attached hydrogen (secondary N) is 1. The van der Waals surface area contributed by atoms with Crippen LogP contribution < -0.4 is 5.32 Å². The first-order valence-corrected chi connectivity index (χ1v) is 10.9. The molecule has 0 fully saturated rings. The fourth-order valence-electron chi connectivity index (χ4n) is 2.48. The number of carbonyl (C=O) groups is 2.